The molecule has 160 valence electrons. The van der Waals surface area contributed by atoms with Crippen LogP contribution < -0.4 is 0 Å². The molecule has 0 saturated heterocycles. The highest BCUT2D eigenvalue weighted by Crippen LogP contribution is 2.28. The molecule has 3 rings (SSSR count). The topological polar surface area (TPSA) is 70.7 Å². The molecular formula is C28H24O4. The largest absolute Gasteiger partial charge is 0.464 e. The lowest BCUT2D eigenvalue weighted by molar-refractivity contribution is 0.104. The molecule has 0 amide bonds. The molecule has 4 heteroatoms. The number of allylic oxidation sites excluding steroid dienone is 2. The lowest BCUT2D eigenvalue weighted by Crippen LogP contribution is -1.99. The number of furan rings is 1. The van der Waals surface area contributed by atoms with Gasteiger partial charge in [0.25, 0.3) is 0 Å². The van der Waals surface area contributed by atoms with E-state index in [-0.39, 0.29) is 5.78 Å². The standard InChI is InChI=1S/C28H24O4/c1-4-8-25(29)20-10-6-12-22(15-20)27(31)14-19(3)24-17-28(32-18-24)23-13-7-11-21(16-23)26(30)9-5-2/h6-18,25-26,29-30H,1-2H2,3H3/b19-14+. The second-order valence-corrected chi connectivity index (χ2v) is 7.27. The molecule has 0 fully saturated rings. The van der Waals surface area contributed by atoms with Crippen molar-refractivity contribution in [2.75, 3.05) is 0 Å². The van der Waals surface area contributed by atoms with E-state index >= 15 is 0 Å². The lowest BCUT2D eigenvalue weighted by atomic mass is 10.0. The number of carbonyl (C=O) groups excluding carboxylic acids is 1. The van der Waals surface area contributed by atoms with E-state index in [1.807, 2.05) is 37.3 Å². The average molecular weight is 424 g/mol. The van der Waals surface area contributed by atoms with Crippen LogP contribution in [0.3, 0.4) is 0 Å². The minimum Gasteiger partial charge on any atom is -0.464 e. The number of aliphatic hydroxyl groups is 2. The van der Waals surface area contributed by atoms with E-state index in [2.05, 4.69) is 24.6 Å². The molecule has 1 aromatic heterocycles. The highest BCUT2D eigenvalue weighted by atomic mass is 16.3. The van der Waals surface area contributed by atoms with Gasteiger partial charge in [-0.2, -0.15) is 0 Å². The van der Waals surface area contributed by atoms with Crippen LogP contribution in [0.1, 0.15) is 46.2 Å². The van der Waals surface area contributed by atoms with Crippen LogP contribution in [-0.4, -0.2) is 16.0 Å². The van der Waals surface area contributed by atoms with Gasteiger partial charge in [0.05, 0.1) is 6.26 Å². The summed E-state index contributed by atoms with van der Waals surface area (Å²) in [5.41, 5.74) is 9.22. The summed E-state index contributed by atoms with van der Waals surface area (Å²) in [6.45, 7) is 8.78. The van der Waals surface area contributed by atoms with Crippen LogP contribution in [0, 0.1) is 0 Å². The summed E-state index contributed by atoms with van der Waals surface area (Å²) < 4.78 is 5.71. The molecule has 0 aliphatic rings. The third kappa shape index (κ3) is 5.41. The Morgan fingerprint density at radius 3 is 2.22 bits per heavy atom. The van der Waals surface area contributed by atoms with Gasteiger partial charge in [0.2, 0.25) is 0 Å². The molecule has 2 atom stereocenters. The van der Waals surface area contributed by atoms with Gasteiger partial charge in [-0.25, -0.2) is 0 Å². The summed E-state index contributed by atoms with van der Waals surface area (Å²) >= 11 is 0. The maximum Gasteiger partial charge on any atom is 0.186 e. The zero-order valence-electron chi connectivity index (χ0n) is 17.8. The fourth-order valence-electron chi connectivity index (χ4n) is 3.23. The van der Waals surface area contributed by atoms with Crippen LogP contribution in [0.5, 0.6) is 0 Å². The first-order chi connectivity index (χ1) is 15.4. The first-order valence-corrected chi connectivity index (χ1v) is 10.0. The van der Waals surface area contributed by atoms with E-state index in [1.165, 1.54) is 12.2 Å². The van der Waals surface area contributed by atoms with Crippen LogP contribution in [0.15, 0.2) is 108 Å². The van der Waals surface area contributed by atoms with Crippen LogP contribution in [0.2, 0.25) is 0 Å². The normalized spacial score (nSPS) is 12.9. The van der Waals surface area contributed by atoms with Crippen molar-refractivity contribution in [2.24, 2.45) is 0 Å². The van der Waals surface area contributed by atoms with Crippen molar-refractivity contribution in [3.05, 3.63) is 126 Å². The Hall–Kier alpha value is -3.91. The predicted octanol–water partition coefficient (Wildman–Crippen LogP) is 5.98. The molecule has 2 unspecified atom stereocenters. The fourth-order valence-corrected chi connectivity index (χ4v) is 3.23. The maximum absolute atomic E-state index is 12.7. The van der Waals surface area contributed by atoms with Crippen LogP contribution in [0.4, 0.5) is 0 Å². The van der Waals surface area contributed by atoms with Crippen molar-refractivity contribution in [1.82, 2.24) is 0 Å². The molecule has 0 aliphatic carbocycles. The quantitative estimate of drug-likeness (QED) is 0.265. The Morgan fingerprint density at radius 1 is 0.938 bits per heavy atom. The minimum atomic E-state index is -0.863. The predicted molar refractivity (Wildman–Crippen MR) is 126 cm³/mol. The van der Waals surface area contributed by atoms with E-state index in [4.69, 9.17) is 4.42 Å². The number of ketones is 1. The minimum absolute atomic E-state index is 0.178. The van der Waals surface area contributed by atoms with Crippen molar-refractivity contribution in [3.63, 3.8) is 0 Å². The molecule has 4 nitrogen and oxygen atoms in total. The maximum atomic E-state index is 12.7. The smallest absolute Gasteiger partial charge is 0.186 e. The van der Waals surface area contributed by atoms with Gasteiger partial charge in [-0.1, -0.05) is 49.6 Å². The van der Waals surface area contributed by atoms with E-state index < -0.39 is 12.2 Å². The zero-order valence-corrected chi connectivity index (χ0v) is 17.8. The summed E-state index contributed by atoms with van der Waals surface area (Å²) in [4.78, 5) is 12.7. The molecule has 32 heavy (non-hydrogen) atoms. The van der Waals surface area contributed by atoms with Gasteiger partial charge in [-0.3, -0.25) is 4.79 Å². The Labute approximate surface area is 187 Å². The number of carbonyl (C=O) groups is 1. The molecular weight excluding hydrogens is 400 g/mol. The van der Waals surface area contributed by atoms with Gasteiger partial charge in [0.15, 0.2) is 5.78 Å². The van der Waals surface area contributed by atoms with Crippen LogP contribution in [-0.2, 0) is 0 Å². The Morgan fingerprint density at radius 2 is 1.56 bits per heavy atom. The number of aliphatic hydroxyl groups excluding tert-OH is 2. The summed E-state index contributed by atoms with van der Waals surface area (Å²) in [5, 5.41) is 20.2. The summed E-state index contributed by atoms with van der Waals surface area (Å²) in [5.74, 6) is 0.446. The zero-order chi connectivity index (χ0) is 23.1. The van der Waals surface area contributed by atoms with E-state index in [0.29, 0.717) is 22.5 Å². The molecule has 0 aliphatic heterocycles. The number of hydrogen-bond acceptors (Lipinski definition) is 4. The summed E-state index contributed by atoms with van der Waals surface area (Å²) in [7, 11) is 0. The molecule has 0 saturated carbocycles. The average Bonchev–Trinajstić information content (AvgIpc) is 3.30. The molecule has 0 spiro atoms. The fraction of sp³-hybridized carbons (Fsp3) is 0.107. The van der Waals surface area contributed by atoms with Crippen molar-refractivity contribution in [2.45, 2.75) is 19.1 Å². The second-order valence-electron chi connectivity index (χ2n) is 7.27. The monoisotopic (exact) mass is 424 g/mol. The SMILES string of the molecule is C=C=CC(O)c1cccc(C(=O)/C=C(\C)c2coc(-c3cccc(C(O)C=C=C)c3)c2)c1. The summed E-state index contributed by atoms with van der Waals surface area (Å²) in [6.07, 6.45) is 4.39. The van der Waals surface area contributed by atoms with Gasteiger partial charge in [-0.15, -0.1) is 11.5 Å². The van der Waals surface area contributed by atoms with E-state index in [1.54, 1.807) is 36.6 Å². The van der Waals surface area contributed by atoms with Crippen molar-refractivity contribution >= 4 is 11.4 Å². The van der Waals surface area contributed by atoms with Crippen molar-refractivity contribution in [1.29, 1.82) is 0 Å². The first kappa shape index (κ1) is 22.8. The third-order valence-corrected chi connectivity index (χ3v) is 4.98. The Kier molecular flexibility index (Phi) is 7.41. The highest BCUT2D eigenvalue weighted by molar-refractivity contribution is 6.08. The van der Waals surface area contributed by atoms with E-state index in [0.717, 1.165) is 16.7 Å². The van der Waals surface area contributed by atoms with Crippen LogP contribution in [0.25, 0.3) is 16.9 Å². The Balaban J connectivity index is 1.83. The lowest BCUT2D eigenvalue weighted by Gasteiger charge is -2.06. The van der Waals surface area contributed by atoms with Gasteiger partial charge >= 0.3 is 0 Å². The molecule has 3 aromatic rings. The number of benzene rings is 2. The van der Waals surface area contributed by atoms with Crippen molar-refractivity contribution in [3.8, 4) is 11.3 Å². The second kappa shape index (κ2) is 10.4. The van der Waals surface area contributed by atoms with Gasteiger partial charge in [0.1, 0.15) is 18.0 Å². The molecule has 2 aromatic carbocycles. The third-order valence-electron chi connectivity index (χ3n) is 4.98. The van der Waals surface area contributed by atoms with Crippen LogP contribution >= 0.6 is 0 Å². The van der Waals surface area contributed by atoms with Crippen molar-refractivity contribution < 1.29 is 19.4 Å². The number of hydrogen-bond donors (Lipinski definition) is 2. The van der Waals surface area contributed by atoms with Gasteiger partial charge in [-0.05, 0) is 60.1 Å². The first-order valence-electron chi connectivity index (χ1n) is 10.0. The molecule has 0 radical (unpaired) electrons. The van der Waals surface area contributed by atoms with Gasteiger partial charge < -0.3 is 14.6 Å². The molecule has 1 heterocycles. The summed E-state index contributed by atoms with van der Waals surface area (Å²) in [6, 6.07) is 16.0. The Bertz CT molecular complexity index is 1250. The van der Waals surface area contributed by atoms with Gasteiger partial charge in [0, 0.05) is 16.7 Å². The molecule has 2 N–H and O–H groups in total. The highest BCUT2D eigenvalue weighted by Gasteiger charge is 2.12. The number of rotatable bonds is 8. The van der Waals surface area contributed by atoms with E-state index in [9.17, 15) is 15.0 Å². The molecule has 0 bridgehead atoms.